The van der Waals surface area contributed by atoms with Gasteiger partial charge < -0.3 is 19.8 Å². The molecule has 26 heavy (non-hydrogen) atoms. The fraction of sp³-hybridized carbons (Fsp3) is 0.667. The molecule has 5 nitrogen and oxygen atoms in total. The number of hydrogen-bond acceptors (Lipinski definition) is 5. The summed E-state index contributed by atoms with van der Waals surface area (Å²) in [5.41, 5.74) is 3.10. The van der Waals surface area contributed by atoms with E-state index in [-0.39, 0.29) is 17.3 Å². The summed E-state index contributed by atoms with van der Waals surface area (Å²) in [5.74, 6) is 2.07. The third-order valence-electron chi connectivity index (χ3n) is 7.16. The molecule has 0 heterocycles. The highest BCUT2D eigenvalue weighted by Crippen LogP contribution is 2.61. The molecule has 5 heteroatoms. The molecule has 1 aromatic carbocycles. The van der Waals surface area contributed by atoms with Crippen LogP contribution in [0.15, 0.2) is 17.3 Å². The van der Waals surface area contributed by atoms with Crippen LogP contribution in [0.5, 0.6) is 11.5 Å². The van der Waals surface area contributed by atoms with Crippen molar-refractivity contribution in [2.45, 2.75) is 58.0 Å². The minimum absolute atomic E-state index is 0.0104. The number of hydrogen-bond donors (Lipinski definition) is 2. The van der Waals surface area contributed by atoms with Gasteiger partial charge in [-0.1, -0.05) is 12.1 Å². The maximum Gasteiger partial charge on any atom is 0.161 e. The summed E-state index contributed by atoms with van der Waals surface area (Å²) >= 11 is 0. The van der Waals surface area contributed by atoms with Crippen molar-refractivity contribution in [2.24, 2.45) is 22.4 Å². The number of aliphatic hydroxyl groups excluding tert-OH is 1. The molecule has 3 aliphatic rings. The summed E-state index contributed by atoms with van der Waals surface area (Å²) < 4.78 is 5.64. The zero-order valence-electron chi connectivity index (χ0n) is 15.9. The Hall–Kier alpha value is -1.75. The predicted molar refractivity (Wildman–Crippen MR) is 99.7 cm³/mol. The average molecular weight is 359 g/mol. The highest BCUT2D eigenvalue weighted by molar-refractivity contribution is 6.03. The topological polar surface area (TPSA) is 71.3 Å². The lowest BCUT2D eigenvalue weighted by Crippen LogP contribution is -2.45. The number of fused-ring (bicyclic) bond motifs is 5. The van der Waals surface area contributed by atoms with Gasteiger partial charge in [-0.2, -0.15) is 0 Å². The van der Waals surface area contributed by atoms with Crippen LogP contribution in [0.2, 0.25) is 0 Å². The molecule has 5 atom stereocenters. The van der Waals surface area contributed by atoms with Crippen molar-refractivity contribution in [3.8, 4) is 11.5 Å². The molecule has 0 radical (unpaired) electrons. The summed E-state index contributed by atoms with van der Waals surface area (Å²) in [4.78, 5) is 5.12. The van der Waals surface area contributed by atoms with Crippen LogP contribution in [0.25, 0.3) is 0 Å². The first kappa shape index (κ1) is 17.7. The summed E-state index contributed by atoms with van der Waals surface area (Å²) in [6.45, 7) is 4.70. The van der Waals surface area contributed by atoms with Crippen molar-refractivity contribution >= 4 is 5.71 Å². The number of oxime groups is 1. The highest BCUT2D eigenvalue weighted by atomic mass is 16.6. The number of rotatable bonds is 3. The van der Waals surface area contributed by atoms with E-state index >= 15 is 0 Å². The molecule has 0 amide bonds. The fourth-order valence-corrected chi connectivity index (χ4v) is 5.87. The zero-order chi connectivity index (χ0) is 18.5. The van der Waals surface area contributed by atoms with Crippen LogP contribution in [-0.4, -0.2) is 35.7 Å². The molecule has 4 rings (SSSR count). The smallest absolute Gasteiger partial charge is 0.161 e. The second-order valence-electron chi connectivity index (χ2n) is 8.28. The van der Waals surface area contributed by atoms with Gasteiger partial charge in [-0.3, -0.25) is 0 Å². The molecule has 0 spiro atoms. The largest absolute Gasteiger partial charge is 0.504 e. The quantitative estimate of drug-likeness (QED) is 0.805. The number of benzene rings is 1. The first-order valence-corrected chi connectivity index (χ1v) is 9.77. The van der Waals surface area contributed by atoms with Crippen LogP contribution in [0, 0.1) is 17.3 Å². The Morgan fingerprint density at radius 2 is 2.08 bits per heavy atom. The van der Waals surface area contributed by atoms with Crippen molar-refractivity contribution in [3.63, 3.8) is 0 Å². The molecule has 2 N–H and O–H groups in total. The Morgan fingerprint density at radius 3 is 2.81 bits per heavy atom. The Bertz CT molecular complexity index is 731. The van der Waals surface area contributed by atoms with Gasteiger partial charge in [0.1, 0.15) is 7.11 Å². The van der Waals surface area contributed by atoms with Gasteiger partial charge in [0, 0.05) is 5.56 Å². The molecule has 3 unspecified atom stereocenters. The lowest BCUT2D eigenvalue weighted by atomic mass is 9.55. The van der Waals surface area contributed by atoms with Crippen LogP contribution in [0.4, 0.5) is 0 Å². The van der Waals surface area contributed by atoms with Gasteiger partial charge in [0.2, 0.25) is 0 Å². The molecule has 0 bridgehead atoms. The summed E-state index contributed by atoms with van der Waals surface area (Å²) in [5, 5.41) is 25.2. The van der Waals surface area contributed by atoms with Crippen LogP contribution in [0.3, 0.4) is 0 Å². The Labute approximate surface area is 155 Å². The molecule has 0 saturated heterocycles. The molecule has 142 valence electrons. The minimum Gasteiger partial charge on any atom is -0.504 e. The third-order valence-corrected chi connectivity index (χ3v) is 7.16. The summed E-state index contributed by atoms with van der Waals surface area (Å²) in [7, 11) is 1.57. The number of aliphatic hydroxyl groups is 1. The van der Waals surface area contributed by atoms with Crippen molar-refractivity contribution in [2.75, 3.05) is 13.7 Å². The van der Waals surface area contributed by atoms with Gasteiger partial charge in [-0.25, -0.2) is 0 Å². The zero-order valence-corrected chi connectivity index (χ0v) is 15.9. The van der Waals surface area contributed by atoms with Crippen molar-refractivity contribution in [1.29, 1.82) is 0 Å². The van der Waals surface area contributed by atoms with Gasteiger partial charge in [-0.15, -0.1) is 0 Å². The summed E-state index contributed by atoms with van der Waals surface area (Å²) in [6.07, 6.45) is 4.71. The first-order chi connectivity index (χ1) is 12.5. The highest BCUT2D eigenvalue weighted by Gasteiger charge is 2.55. The lowest BCUT2D eigenvalue weighted by molar-refractivity contribution is -0.0179. The van der Waals surface area contributed by atoms with Crippen molar-refractivity contribution < 1.29 is 19.8 Å². The van der Waals surface area contributed by atoms with E-state index in [0.717, 1.165) is 43.4 Å². The Morgan fingerprint density at radius 1 is 1.27 bits per heavy atom. The first-order valence-electron chi connectivity index (χ1n) is 9.77. The molecule has 0 aliphatic heterocycles. The SMILES string of the molecule is CCOc1cc2c(cc1O)/C(=N/OC)CC1C2CC[C@@]2(C)C1CC[C@@H]2O. The maximum atomic E-state index is 10.6. The summed E-state index contributed by atoms with van der Waals surface area (Å²) in [6, 6.07) is 3.79. The molecule has 2 fully saturated rings. The van der Waals surface area contributed by atoms with E-state index < -0.39 is 0 Å². The van der Waals surface area contributed by atoms with E-state index in [1.54, 1.807) is 13.2 Å². The van der Waals surface area contributed by atoms with E-state index in [1.165, 1.54) is 5.56 Å². The van der Waals surface area contributed by atoms with Crippen LogP contribution in [0.1, 0.15) is 63.0 Å². The molecule has 1 aromatic rings. The van der Waals surface area contributed by atoms with E-state index in [0.29, 0.717) is 30.1 Å². The Kier molecular flexibility index (Phi) is 4.38. The number of phenols is 1. The maximum absolute atomic E-state index is 10.6. The number of nitrogens with zero attached hydrogens (tertiary/aromatic N) is 1. The Balaban J connectivity index is 1.80. The van der Waals surface area contributed by atoms with E-state index in [9.17, 15) is 10.2 Å². The van der Waals surface area contributed by atoms with Gasteiger partial charge in [0.15, 0.2) is 11.5 Å². The molecular formula is C21H29NO4. The molecule has 0 aromatic heterocycles. The molecule has 3 aliphatic carbocycles. The third kappa shape index (κ3) is 2.51. The van der Waals surface area contributed by atoms with Gasteiger partial charge in [0.25, 0.3) is 0 Å². The number of aromatic hydroxyl groups is 1. The lowest BCUT2D eigenvalue weighted by Gasteiger charge is -2.50. The van der Waals surface area contributed by atoms with Gasteiger partial charge >= 0.3 is 0 Å². The van der Waals surface area contributed by atoms with Crippen LogP contribution < -0.4 is 4.74 Å². The predicted octanol–water partition coefficient (Wildman–Crippen LogP) is 3.82. The molecular weight excluding hydrogens is 330 g/mol. The van der Waals surface area contributed by atoms with Gasteiger partial charge in [-0.05, 0) is 79.9 Å². The van der Waals surface area contributed by atoms with Gasteiger partial charge in [0.05, 0.1) is 18.4 Å². The minimum atomic E-state index is -0.198. The van der Waals surface area contributed by atoms with Crippen LogP contribution >= 0.6 is 0 Å². The van der Waals surface area contributed by atoms with Crippen molar-refractivity contribution in [1.82, 2.24) is 0 Å². The monoisotopic (exact) mass is 359 g/mol. The number of phenolic OH excluding ortho intramolecular Hbond substituents is 1. The van der Waals surface area contributed by atoms with E-state index in [4.69, 9.17) is 9.57 Å². The van der Waals surface area contributed by atoms with Crippen LogP contribution in [-0.2, 0) is 4.84 Å². The van der Waals surface area contributed by atoms with E-state index in [2.05, 4.69) is 12.1 Å². The molecule has 2 saturated carbocycles. The van der Waals surface area contributed by atoms with Crippen molar-refractivity contribution in [3.05, 3.63) is 23.3 Å². The average Bonchev–Trinajstić information content (AvgIpc) is 2.92. The fourth-order valence-electron chi connectivity index (χ4n) is 5.87. The normalized spacial score (nSPS) is 37.0. The number of ether oxygens (including phenoxy) is 1. The second kappa shape index (κ2) is 6.45. The second-order valence-corrected chi connectivity index (χ2v) is 8.28. The standard InChI is InChI=1S/C21H29NO4/c1-4-26-19-11-13-12-7-8-21(2)16(5-6-20(21)24)14(12)9-17(22-25-3)15(13)10-18(19)23/h10-12,14,16,20,23-24H,4-9H2,1-3H3/b22-17+/t12?,14?,16?,20-,21-/m0/s1. The van der Waals surface area contributed by atoms with E-state index in [1.807, 2.05) is 13.0 Å².